The van der Waals surface area contributed by atoms with Crippen LogP contribution in [0, 0.1) is 6.92 Å². The SMILES string of the molecule is [CH2]CCOC(C)Oc1ccccc1. The highest BCUT2D eigenvalue weighted by Gasteiger charge is 2.01. The standard InChI is InChI=1S/C11H15O2/c1-3-9-12-10(2)13-11-7-5-4-6-8-11/h4-8,10H,1,3,9H2,2H3. The largest absolute Gasteiger partial charge is 0.465 e. The second-order valence-electron chi connectivity index (χ2n) is 2.72. The van der Waals surface area contributed by atoms with Crippen LogP contribution in [-0.2, 0) is 4.74 Å². The highest BCUT2D eigenvalue weighted by molar-refractivity contribution is 5.20. The lowest BCUT2D eigenvalue weighted by Gasteiger charge is -2.14. The van der Waals surface area contributed by atoms with E-state index in [1.807, 2.05) is 37.3 Å². The lowest BCUT2D eigenvalue weighted by molar-refractivity contribution is -0.0650. The first-order valence-electron chi connectivity index (χ1n) is 4.45. The second kappa shape index (κ2) is 5.60. The number of ether oxygens (including phenoxy) is 2. The Labute approximate surface area is 79.5 Å². The van der Waals surface area contributed by atoms with Crippen molar-refractivity contribution in [1.29, 1.82) is 0 Å². The van der Waals surface area contributed by atoms with E-state index in [-0.39, 0.29) is 6.29 Å². The van der Waals surface area contributed by atoms with Crippen LogP contribution in [0.25, 0.3) is 0 Å². The minimum Gasteiger partial charge on any atom is -0.465 e. The van der Waals surface area contributed by atoms with Gasteiger partial charge < -0.3 is 9.47 Å². The predicted molar refractivity (Wildman–Crippen MR) is 52.5 cm³/mol. The summed E-state index contributed by atoms with van der Waals surface area (Å²) in [5.74, 6) is 0.832. The average molecular weight is 179 g/mol. The van der Waals surface area contributed by atoms with Crippen LogP contribution >= 0.6 is 0 Å². The first-order valence-corrected chi connectivity index (χ1v) is 4.45. The Morgan fingerprint density at radius 2 is 2.00 bits per heavy atom. The molecule has 2 nitrogen and oxygen atoms in total. The van der Waals surface area contributed by atoms with Crippen molar-refractivity contribution in [2.45, 2.75) is 19.6 Å². The Morgan fingerprint density at radius 3 is 2.62 bits per heavy atom. The molecular weight excluding hydrogens is 164 g/mol. The van der Waals surface area contributed by atoms with E-state index in [0.29, 0.717) is 6.61 Å². The molecule has 0 spiro atoms. The molecule has 0 fully saturated rings. The molecule has 0 aliphatic carbocycles. The van der Waals surface area contributed by atoms with Gasteiger partial charge in [-0.25, -0.2) is 0 Å². The monoisotopic (exact) mass is 179 g/mol. The summed E-state index contributed by atoms with van der Waals surface area (Å²) >= 11 is 0. The molecule has 0 aromatic heterocycles. The van der Waals surface area contributed by atoms with Gasteiger partial charge >= 0.3 is 0 Å². The van der Waals surface area contributed by atoms with E-state index < -0.39 is 0 Å². The van der Waals surface area contributed by atoms with E-state index in [1.54, 1.807) is 0 Å². The van der Waals surface area contributed by atoms with Crippen molar-refractivity contribution >= 4 is 0 Å². The van der Waals surface area contributed by atoms with Gasteiger partial charge in [-0.2, -0.15) is 0 Å². The van der Waals surface area contributed by atoms with E-state index in [4.69, 9.17) is 9.47 Å². The molecule has 2 heteroatoms. The molecule has 0 heterocycles. The Hall–Kier alpha value is -1.02. The third-order valence-electron chi connectivity index (χ3n) is 1.54. The van der Waals surface area contributed by atoms with Crippen LogP contribution in [-0.4, -0.2) is 12.9 Å². The van der Waals surface area contributed by atoms with Crippen LogP contribution < -0.4 is 4.74 Å². The molecule has 71 valence electrons. The summed E-state index contributed by atoms with van der Waals surface area (Å²) in [7, 11) is 0. The average Bonchev–Trinajstić information content (AvgIpc) is 2.16. The summed E-state index contributed by atoms with van der Waals surface area (Å²) in [5, 5.41) is 0. The molecule has 1 rings (SSSR count). The summed E-state index contributed by atoms with van der Waals surface area (Å²) in [6, 6.07) is 9.63. The van der Waals surface area contributed by atoms with Crippen molar-refractivity contribution in [3.63, 3.8) is 0 Å². The zero-order valence-electron chi connectivity index (χ0n) is 7.90. The molecule has 1 radical (unpaired) electrons. The number of hydrogen-bond donors (Lipinski definition) is 0. The molecule has 0 saturated heterocycles. The van der Waals surface area contributed by atoms with Crippen LogP contribution in [0.3, 0.4) is 0 Å². The molecule has 0 saturated carbocycles. The predicted octanol–water partition coefficient (Wildman–Crippen LogP) is 2.65. The molecule has 13 heavy (non-hydrogen) atoms. The third kappa shape index (κ3) is 3.95. The van der Waals surface area contributed by atoms with Gasteiger partial charge in [-0.1, -0.05) is 25.1 Å². The Morgan fingerprint density at radius 1 is 1.31 bits per heavy atom. The third-order valence-corrected chi connectivity index (χ3v) is 1.54. The van der Waals surface area contributed by atoms with E-state index in [9.17, 15) is 0 Å². The molecule has 0 aliphatic heterocycles. The minimum atomic E-state index is -0.204. The molecular formula is C11H15O2. The van der Waals surface area contributed by atoms with Gasteiger partial charge in [0.05, 0.1) is 6.61 Å². The van der Waals surface area contributed by atoms with Crippen molar-refractivity contribution in [2.24, 2.45) is 0 Å². The maximum atomic E-state index is 5.47. The Kier molecular flexibility index (Phi) is 4.33. The number of benzene rings is 1. The maximum absolute atomic E-state index is 5.47. The van der Waals surface area contributed by atoms with Crippen molar-refractivity contribution in [3.8, 4) is 5.75 Å². The van der Waals surface area contributed by atoms with E-state index >= 15 is 0 Å². The fraction of sp³-hybridized carbons (Fsp3) is 0.364. The van der Waals surface area contributed by atoms with Gasteiger partial charge in [-0.05, 0) is 25.5 Å². The molecule has 1 atom stereocenters. The topological polar surface area (TPSA) is 18.5 Å². The first-order chi connectivity index (χ1) is 6.33. The van der Waals surface area contributed by atoms with Gasteiger partial charge in [0.15, 0.2) is 6.29 Å². The lowest BCUT2D eigenvalue weighted by atomic mass is 10.3. The quantitative estimate of drug-likeness (QED) is 0.647. The normalized spacial score (nSPS) is 12.5. The highest BCUT2D eigenvalue weighted by Crippen LogP contribution is 2.11. The van der Waals surface area contributed by atoms with E-state index in [1.165, 1.54) is 0 Å². The van der Waals surface area contributed by atoms with E-state index in [0.717, 1.165) is 12.2 Å². The maximum Gasteiger partial charge on any atom is 0.196 e. The summed E-state index contributed by atoms with van der Waals surface area (Å²) in [6.45, 7) is 6.19. The summed E-state index contributed by atoms with van der Waals surface area (Å²) in [4.78, 5) is 0. The van der Waals surface area contributed by atoms with Gasteiger partial charge in [-0.3, -0.25) is 0 Å². The number of hydrogen-bond acceptors (Lipinski definition) is 2. The zero-order chi connectivity index (χ0) is 9.52. The Balaban J connectivity index is 2.32. The number of para-hydroxylation sites is 1. The summed E-state index contributed by atoms with van der Waals surface area (Å²) < 4.78 is 10.8. The van der Waals surface area contributed by atoms with Crippen molar-refractivity contribution in [2.75, 3.05) is 6.61 Å². The fourth-order valence-electron chi connectivity index (χ4n) is 0.974. The lowest BCUT2D eigenvalue weighted by Crippen LogP contribution is -2.16. The zero-order valence-corrected chi connectivity index (χ0v) is 7.90. The van der Waals surface area contributed by atoms with Crippen molar-refractivity contribution in [3.05, 3.63) is 37.3 Å². The minimum absolute atomic E-state index is 0.204. The van der Waals surface area contributed by atoms with Gasteiger partial charge in [0.1, 0.15) is 5.75 Å². The summed E-state index contributed by atoms with van der Waals surface area (Å²) in [5.41, 5.74) is 0. The number of rotatable bonds is 5. The van der Waals surface area contributed by atoms with Crippen molar-refractivity contribution < 1.29 is 9.47 Å². The smallest absolute Gasteiger partial charge is 0.196 e. The van der Waals surface area contributed by atoms with Crippen molar-refractivity contribution in [1.82, 2.24) is 0 Å². The first kappa shape index (κ1) is 10.1. The molecule has 0 amide bonds. The highest BCUT2D eigenvalue weighted by atomic mass is 16.7. The second-order valence-corrected chi connectivity index (χ2v) is 2.72. The van der Waals surface area contributed by atoms with Crippen LogP contribution in [0.1, 0.15) is 13.3 Å². The molecule has 1 aromatic carbocycles. The fourth-order valence-corrected chi connectivity index (χ4v) is 0.974. The van der Waals surface area contributed by atoms with Crippen LogP contribution in [0.4, 0.5) is 0 Å². The molecule has 1 aromatic rings. The molecule has 0 aliphatic rings. The molecule has 0 bridgehead atoms. The van der Waals surface area contributed by atoms with Crippen LogP contribution in [0.15, 0.2) is 30.3 Å². The summed E-state index contributed by atoms with van der Waals surface area (Å²) in [6.07, 6.45) is 0.562. The van der Waals surface area contributed by atoms with Gasteiger partial charge in [-0.15, -0.1) is 0 Å². The van der Waals surface area contributed by atoms with Gasteiger partial charge in [0, 0.05) is 0 Å². The van der Waals surface area contributed by atoms with Crippen LogP contribution in [0.2, 0.25) is 0 Å². The van der Waals surface area contributed by atoms with Gasteiger partial charge in [0.25, 0.3) is 0 Å². The molecule has 0 N–H and O–H groups in total. The van der Waals surface area contributed by atoms with E-state index in [2.05, 4.69) is 6.92 Å². The Bertz CT molecular complexity index is 221. The molecule has 1 unspecified atom stereocenters. The van der Waals surface area contributed by atoms with Crippen LogP contribution in [0.5, 0.6) is 5.75 Å². The van der Waals surface area contributed by atoms with Gasteiger partial charge in [0.2, 0.25) is 0 Å².